The van der Waals surface area contributed by atoms with Crippen LogP contribution in [0.25, 0.3) is 0 Å². The molecule has 0 fully saturated rings. The third-order valence-electron chi connectivity index (χ3n) is 2.44. The zero-order valence-electron chi connectivity index (χ0n) is 10.8. The Kier molecular flexibility index (Phi) is 11.6. The number of hydrogen-bond acceptors (Lipinski definition) is 7. The zero-order valence-corrected chi connectivity index (χ0v) is 10.8. The van der Waals surface area contributed by atoms with Crippen molar-refractivity contribution in [3.05, 3.63) is 0 Å². The summed E-state index contributed by atoms with van der Waals surface area (Å²) < 4.78 is 10.6. The molecular weight excluding hydrogens is 242 g/mol. The molecule has 0 aromatic heterocycles. The maximum atomic E-state index is 8.87. The SMILES string of the molecule is CNCC(COC(CO)CO)COC(CO)CO. The molecule has 0 spiro atoms. The van der Waals surface area contributed by atoms with Crippen molar-refractivity contribution in [2.45, 2.75) is 12.2 Å². The molecule has 0 saturated heterocycles. The van der Waals surface area contributed by atoms with Crippen LogP contribution >= 0.6 is 0 Å². The van der Waals surface area contributed by atoms with E-state index in [0.29, 0.717) is 19.8 Å². The van der Waals surface area contributed by atoms with Gasteiger partial charge >= 0.3 is 0 Å². The monoisotopic (exact) mass is 267 g/mol. The Balaban J connectivity index is 3.97. The molecule has 0 atom stereocenters. The summed E-state index contributed by atoms with van der Waals surface area (Å²) in [6, 6.07) is 0. The standard InChI is InChI=1S/C11H25NO6/c1-12-2-9(7-17-10(3-13)4-14)8-18-11(5-15)6-16/h9-16H,2-8H2,1H3. The van der Waals surface area contributed by atoms with E-state index in [2.05, 4.69) is 5.32 Å². The number of hydrogen-bond donors (Lipinski definition) is 5. The van der Waals surface area contributed by atoms with Gasteiger partial charge in [-0.3, -0.25) is 0 Å². The molecular formula is C11H25NO6. The van der Waals surface area contributed by atoms with E-state index in [-0.39, 0.29) is 32.3 Å². The molecule has 0 radical (unpaired) electrons. The topological polar surface area (TPSA) is 111 Å². The lowest BCUT2D eigenvalue weighted by atomic mass is 10.1. The smallest absolute Gasteiger partial charge is 0.104 e. The summed E-state index contributed by atoms with van der Waals surface area (Å²) in [6.07, 6.45) is -1.17. The van der Waals surface area contributed by atoms with E-state index in [0.717, 1.165) is 0 Å². The summed E-state index contributed by atoms with van der Waals surface area (Å²) in [5, 5.41) is 38.4. The van der Waals surface area contributed by atoms with Gasteiger partial charge in [-0.1, -0.05) is 0 Å². The fourth-order valence-electron chi connectivity index (χ4n) is 1.33. The van der Waals surface area contributed by atoms with E-state index in [1.165, 1.54) is 0 Å². The van der Waals surface area contributed by atoms with Crippen molar-refractivity contribution in [3.8, 4) is 0 Å². The molecule has 0 unspecified atom stereocenters. The molecule has 0 aromatic rings. The second-order valence-electron chi connectivity index (χ2n) is 4.06. The molecule has 0 aliphatic heterocycles. The van der Waals surface area contributed by atoms with E-state index in [9.17, 15) is 0 Å². The Labute approximate surface area is 107 Å². The van der Waals surface area contributed by atoms with Crippen LogP contribution in [-0.4, -0.2) is 85.9 Å². The second kappa shape index (κ2) is 11.8. The van der Waals surface area contributed by atoms with Crippen molar-refractivity contribution in [3.63, 3.8) is 0 Å². The average molecular weight is 267 g/mol. The zero-order chi connectivity index (χ0) is 13.8. The van der Waals surface area contributed by atoms with E-state index >= 15 is 0 Å². The predicted octanol–water partition coefficient (Wildman–Crippen LogP) is -2.44. The molecule has 110 valence electrons. The van der Waals surface area contributed by atoms with Crippen molar-refractivity contribution < 1.29 is 29.9 Å². The first-order chi connectivity index (χ1) is 8.71. The summed E-state index contributed by atoms with van der Waals surface area (Å²) in [4.78, 5) is 0. The van der Waals surface area contributed by atoms with Crippen LogP contribution in [0.2, 0.25) is 0 Å². The largest absolute Gasteiger partial charge is 0.394 e. The van der Waals surface area contributed by atoms with Gasteiger partial charge in [-0.05, 0) is 7.05 Å². The third-order valence-corrected chi connectivity index (χ3v) is 2.44. The number of aliphatic hydroxyl groups is 4. The fraction of sp³-hybridized carbons (Fsp3) is 1.00. The summed E-state index contributed by atoms with van der Waals surface area (Å²) in [7, 11) is 1.79. The predicted molar refractivity (Wildman–Crippen MR) is 65.2 cm³/mol. The highest BCUT2D eigenvalue weighted by atomic mass is 16.5. The minimum Gasteiger partial charge on any atom is -0.394 e. The molecule has 0 aliphatic carbocycles. The maximum Gasteiger partial charge on any atom is 0.104 e. The van der Waals surface area contributed by atoms with Crippen molar-refractivity contribution in [1.29, 1.82) is 0 Å². The van der Waals surface area contributed by atoms with Gasteiger partial charge in [0.1, 0.15) is 12.2 Å². The maximum absolute atomic E-state index is 8.87. The number of nitrogens with one attached hydrogen (secondary N) is 1. The van der Waals surface area contributed by atoms with E-state index < -0.39 is 12.2 Å². The molecule has 18 heavy (non-hydrogen) atoms. The Bertz CT molecular complexity index is 159. The van der Waals surface area contributed by atoms with Gasteiger partial charge in [0.05, 0.1) is 39.6 Å². The van der Waals surface area contributed by atoms with Gasteiger partial charge < -0.3 is 35.2 Å². The molecule has 0 bridgehead atoms. The summed E-state index contributed by atoms with van der Waals surface area (Å²) in [5.74, 6) is 0.0104. The van der Waals surface area contributed by atoms with Crippen LogP contribution in [0, 0.1) is 5.92 Å². The molecule has 5 N–H and O–H groups in total. The Morgan fingerprint density at radius 3 is 1.50 bits per heavy atom. The molecule has 0 aliphatic rings. The molecule has 0 amide bonds. The molecule has 7 nitrogen and oxygen atoms in total. The Morgan fingerprint density at radius 1 is 0.833 bits per heavy atom. The van der Waals surface area contributed by atoms with E-state index in [4.69, 9.17) is 29.9 Å². The fourth-order valence-corrected chi connectivity index (χ4v) is 1.33. The highest BCUT2D eigenvalue weighted by Gasteiger charge is 2.15. The van der Waals surface area contributed by atoms with E-state index in [1.807, 2.05) is 0 Å². The first-order valence-corrected chi connectivity index (χ1v) is 6.02. The van der Waals surface area contributed by atoms with Crippen LogP contribution in [0.3, 0.4) is 0 Å². The quantitative estimate of drug-likeness (QED) is 0.267. The van der Waals surface area contributed by atoms with E-state index in [1.54, 1.807) is 7.05 Å². The Morgan fingerprint density at radius 2 is 1.22 bits per heavy atom. The first kappa shape index (κ1) is 17.7. The van der Waals surface area contributed by atoms with Gasteiger partial charge in [0.25, 0.3) is 0 Å². The second-order valence-corrected chi connectivity index (χ2v) is 4.06. The first-order valence-electron chi connectivity index (χ1n) is 6.02. The highest BCUT2D eigenvalue weighted by Crippen LogP contribution is 2.03. The molecule has 0 heterocycles. The molecule has 0 saturated carbocycles. The summed E-state index contributed by atoms with van der Waals surface area (Å²) in [5.41, 5.74) is 0. The van der Waals surface area contributed by atoms with Crippen LogP contribution in [0.1, 0.15) is 0 Å². The van der Waals surface area contributed by atoms with Crippen LogP contribution < -0.4 is 5.32 Å². The van der Waals surface area contributed by atoms with Gasteiger partial charge in [-0.25, -0.2) is 0 Å². The normalized spacial score (nSPS) is 12.0. The van der Waals surface area contributed by atoms with Crippen molar-refractivity contribution >= 4 is 0 Å². The van der Waals surface area contributed by atoms with Gasteiger partial charge in [0.2, 0.25) is 0 Å². The minimum absolute atomic E-state index is 0.0104. The lowest BCUT2D eigenvalue weighted by Gasteiger charge is -2.22. The van der Waals surface area contributed by atoms with Gasteiger partial charge in [0.15, 0.2) is 0 Å². The highest BCUT2D eigenvalue weighted by molar-refractivity contribution is 4.64. The summed E-state index contributed by atoms with van der Waals surface area (Å²) in [6.45, 7) is 0.317. The molecule has 0 rings (SSSR count). The van der Waals surface area contributed by atoms with Crippen molar-refractivity contribution in [1.82, 2.24) is 5.32 Å². The molecule has 0 aromatic carbocycles. The van der Waals surface area contributed by atoms with Crippen molar-refractivity contribution in [2.24, 2.45) is 5.92 Å². The van der Waals surface area contributed by atoms with Gasteiger partial charge in [-0.2, -0.15) is 0 Å². The van der Waals surface area contributed by atoms with Crippen LogP contribution in [0.4, 0.5) is 0 Å². The number of rotatable bonds is 12. The van der Waals surface area contributed by atoms with Crippen molar-refractivity contribution in [2.75, 3.05) is 53.2 Å². The lowest BCUT2D eigenvalue weighted by molar-refractivity contribution is -0.0685. The lowest BCUT2D eigenvalue weighted by Crippen LogP contribution is -2.34. The van der Waals surface area contributed by atoms with Crippen LogP contribution in [0.5, 0.6) is 0 Å². The van der Waals surface area contributed by atoms with Crippen LogP contribution in [-0.2, 0) is 9.47 Å². The minimum atomic E-state index is -0.587. The molecule has 7 heteroatoms. The van der Waals surface area contributed by atoms with Gasteiger partial charge in [0, 0.05) is 12.5 Å². The van der Waals surface area contributed by atoms with Crippen LogP contribution in [0.15, 0.2) is 0 Å². The summed E-state index contributed by atoms with van der Waals surface area (Å²) >= 11 is 0. The van der Waals surface area contributed by atoms with Gasteiger partial charge in [-0.15, -0.1) is 0 Å². The number of aliphatic hydroxyl groups excluding tert-OH is 4. The number of ether oxygens (including phenoxy) is 2. The average Bonchev–Trinajstić information content (AvgIpc) is 2.40. The third kappa shape index (κ3) is 7.93. The Hall–Kier alpha value is -0.280.